The lowest BCUT2D eigenvalue weighted by Crippen LogP contribution is -2.32. The molecule has 2 aromatic heterocycles. The SMILES string of the molecule is O=C(CSc1nc2ccccc2c(=O)n1-c1cccnc1)NC1CCCc2ccccc21. The average Bonchev–Trinajstić information content (AvgIpc) is 2.84. The number of benzene rings is 2. The van der Waals surface area contributed by atoms with Gasteiger partial charge < -0.3 is 5.32 Å². The molecule has 1 aliphatic carbocycles. The van der Waals surface area contributed by atoms with Gasteiger partial charge in [-0.05, 0) is 54.7 Å². The number of pyridine rings is 1. The lowest BCUT2D eigenvalue weighted by atomic mass is 9.88. The molecule has 0 fully saturated rings. The van der Waals surface area contributed by atoms with Crippen LogP contribution in [0, 0.1) is 0 Å². The van der Waals surface area contributed by atoms with Gasteiger partial charge in [0.05, 0.1) is 34.6 Å². The summed E-state index contributed by atoms with van der Waals surface area (Å²) < 4.78 is 1.53. The van der Waals surface area contributed by atoms with Gasteiger partial charge in [0.1, 0.15) is 0 Å². The van der Waals surface area contributed by atoms with Crippen LogP contribution in [0.2, 0.25) is 0 Å². The number of rotatable bonds is 5. The molecule has 1 atom stereocenters. The second-order valence-corrected chi connectivity index (χ2v) is 8.71. The van der Waals surface area contributed by atoms with Crippen LogP contribution in [0.5, 0.6) is 0 Å². The number of hydrogen-bond donors (Lipinski definition) is 1. The van der Waals surface area contributed by atoms with Gasteiger partial charge in [-0.25, -0.2) is 4.98 Å². The number of carbonyl (C=O) groups is 1. The number of thioether (sulfide) groups is 1. The van der Waals surface area contributed by atoms with Gasteiger partial charge in [0.15, 0.2) is 5.16 Å². The molecule has 0 radical (unpaired) electrons. The van der Waals surface area contributed by atoms with Crippen LogP contribution >= 0.6 is 11.8 Å². The number of aromatic nitrogens is 3. The standard InChI is InChI=1S/C25H22N4O2S/c30-23(27-21-13-5-8-17-7-1-2-10-19(17)21)16-32-25-28-22-12-4-3-11-20(22)24(31)29(25)18-9-6-14-26-15-18/h1-4,6-7,9-12,14-15,21H,5,8,13,16H2,(H,27,30). The molecule has 1 N–H and O–H groups in total. The summed E-state index contributed by atoms with van der Waals surface area (Å²) in [7, 11) is 0. The highest BCUT2D eigenvalue weighted by Gasteiger charge is 2.22. The molecule has 6 nitrogen and oxygen atoms in total. The molecule has 32 heavy (non-hydrogen) atoms. The largest absolute Gasteiger partial charge is 0.349 e. The number of amides is 1. The van der Waals surface area contributed by atoms with Crippen LogP contribution in [0.25, 0.3) is 16.6 Å². The molecule has 0 saturated heterocycles. The molecule has 0 aliphatic heterocycles. The molecule has 0 saturated carbocycles. The molecule has 1 amide bonds. The van der Waals surface area contributed by atoms with Crippen molar-refractivity contribution >= 4 is 28.6 Å². The van der Waals surface area contributed by atoms with Crippen LogP contribution in [-0.2, 0) is 11.2 Å². The van der Waals surface area contributed by atoms with Crippen molar-refractivity contribution in [3.8, 4) is 5.69 Å². The highest BCUT2D eigenvalue weighted by Crippen LogP contribution is 2.29. The van der Waals surface area contributed by atoms with Crippen molar-refractivity contribution in [3.63, 3.8) is 0 Å². The van der Waals surface area contributed by atoms with Gasteiger partial charge in [-0.15, -0.1) is 0 Å². The average molecular weight is 443 g/mol. The van der Waals surface area contributed by atoms with Crippen LogP contribution < -0.4 is 10.9 Å². The van der Waals surface area contributed by atoms with Crippen LogP contribution in [0.15, 0.2) is 83.0 Å². The van der Waals surface area contributed by atoms with Crippen LogP contribution in [0.4, 0.5) is 0 Å². The topological polar surface area (TPSA) is 76.9 Å². The molecule has 4 aromatic rings. The van der Waals surface area contributed by atoms with Gasteiger partial charge in [-0.3, -0.25) is 19.1 Å². The quantitative estimate of drug-likeness (QED) is 0.372. The number of fused-ring (bicyclic) bond motifs is 2. The predicted octanol–water partition coefficient (Wildman–Crippen LogP) is 4.07. The normalized spacial score (nSPS) is 15.3. The van der Waals surface area contributed by atoms with Crippen molar-refractivity contribution in [1.82, 2.24) is 19.9 Å². The fourth-order valence-corrected chi connectivity index (χ4v) is 5.02. The van der Waals surface area contributed by atoms with Crippen molar-refractivity contribution in [2.75, 3.05) is 5.75 Å². The summed E-state index contributed by atoms with van der Waals surface area (Å²) >= 11 is 1.26. The van der Waals surface area contributed by atoms with E-state index < -0.39 is 0 Å². The second kappa shape index (κ2) is 8.96. The summed E-state index contributed by atoms with van der Waals surface area (Å²) in [6, 6.07) is 19.2. The Labute approximate surface area is 189 Å². The van der Waals surface area contributed by atoms with E-state index in [0.717, 1.165) is 19.3 Å². The van der Waals surface area contributed by atoms with E-state index in [1.165, 1.54) is 27.5 Å². The van der Waals surface area contributed by atoms with E-state index in [9.17, 15) is 9.59 Å². The van der Waals surface area contributed by atoms with Gasteiger partial charge in [0.25, 0.3) is 5.56 Å². The molecule has 1 unspecified atom stereocenters. The first-order chi connectivity index (χ1) is 15.7. The lowest BCUT2D eigenvalue weighted by molar-refractivity contribution is -0.119. The Morgan fingerprint density at radius 1 is 1.09 bits per heavy atom. The summed E-state index contributed by atoms with van der Waals surface area (Å²) in [6.07, 6.45) is 6.33. The summed E-state index contributed by atoms with van der Waals surface area (Å²) in [5, 5.41) is 4.17. The van der Waals surface area contributed by atoms with Crippen LogP contribution in [0.1, 0.15) is 30.0 Å². The maximum atomic E-state index is 13.2. The Morgan fingerprint density at radius 2 is 1.94 bits per heavy atom. The monoisotopic (exact) mass is 442 g/mol. The van der Waals surface area contributed by atoms with Gasteiger partial charge >= 0.3 is 0 Å². The first-order valence-corrected chi connectivity index (χ1v) is 11.6. The zero-order valence-electron chi connectivity index (χ0n) is 17.4. The number of para-hydroxylation sites is 1. The van der Waals surface area contributed by atoms with E-state index in [4.69, 9.17) is 0 Å². The zero-order chi connectivity index (χ0) is 21.9. The van der Waals surface area contributed by atoms with E-state index in [0.29, 0.717) is 21.7 Å². The molecule has 7 heteroatoms. The Hall–Kier alpha value is -3.45. The molecule has 2 aromatic carbocycles. The fraction of sp³-hybridized carbons (Fsp3) is 0.200. The first kappa shape index (κ1) is 20.5. The smallest absolute Gasteiger partial charge is 0.266 e. The summed E-state index contributed by atoms with van der Waals surface area (Å²) in [5.41, 5.74) is 3.57. The van der Waals surface area contributed by atoms with E-state index >= 15 is 0 Å². The lowest BCUT2D eigenvalue weighted by Gasteiger charge is -2.26. The zero-order valence-corrected chi connectivity index (χ0v) is 18.2. The molecule has 5 rings (SSSR count). The molecule has 160 valence electrons. The minimum Gasteiger partial charge on any atom is -0.349 e. The summed E-state index contributed by atoms with van der Waals surface area (Å²) in [4.78, 5) is 34.9. The van der Waals surface area contributed by atoms with Crippen molar-refractivity contribution in [3.05, 3.63) is 94.5 Å². The molecular weight excluding hydrogens is 420 g/mol. The third-order valence-corrected chi connectivity index (χ3v) is 6.62. The van der Waals surface area contributed by atoms with Gasteiger partial charge in [0, 0.05) is 6.20 Å². The molecular formula is C25H22N4O2S. The van der Waals surface area contributed by atoms with Crippen molar-refractivity contribution in [1.29, 1.82) is 0 Å². The van der Waals surface area contributed by atoms with Crippen molar-refractivity contribution in [2.24, 2.45) is 0 Å². The fourth-order valence-electron chi connectivity index (χ4n) is 4.19. The minimum atomic E-state index is -0.173. The number of hydrogen-bond acceptors (Lipinski definition) is 5. The third kappa shape index (κ3) is 4.03. The van der Waals surface area contributed by atoms with E-state index in [2.05, 4.69) is 27.4 Å². The maximum Gasteiger partial charge on any atom is 0.266 e. The van der Waals surface area contributed by atoms with E-state index in [1.807, 2.05) is 36.4 Å². The van der Waals surface area contributed by atoms with E-state index in [-0.39, 0.29) is 23.3 Å². The Bertz CT molecular complexity index is 1340. The summed E-state index contributed by atoms with van der Waals surface area (Å²) in [6.45, 7) is 0. The minimum absolute atomic E-state index is 0.0260. The molecule has 0 bridgehead atoms. The number of aryl methyl sites for hydroxylation is 1. The van der Waals surface area contributed by atoms with Crippen molar-refractivity contribution in [2.45, 2.75) is 30.5 Å². The van der Waals surface area contributed by atoms with Gasteiger partial charge in [-0.2, -0.15) is 0 Å². The van der Waals surface area contributed by atoms with E-state index in [1.54, 1.807) is 24.5 Å². The number of carbonyl (C=O) groups excluding carboxylic acids is 1. The highest BCUT2D eigenvalue weighted by atomic mass is 32.2. The number of nitrogens with one attached hydrogen (secondary N) is 1. The predicted molar refractivity (Wildman–Crippen MR) is 126 cm³/mol. The van der Waals surface area contributed by atoms with Crippen LogP contribution in [0.3, 0.4) is 0 Å². The van der Waals surface area contributed by atoms with Crippen LogP contribution in [-0.4, -0.2) is 26.2 Å². The first-order valence-electron chi connectivity index (χ1n) is 10.6. The Balaban J connectivity index is 1.41. The molecule has 0 spiro atoms. The number of nitrogens with zero attached hydrogens (tertiary/aromatic N) is 3. The van der Waals surface area contributed by atoms with Crippen molar-refractivity contribution < 1.29 is 4.79 Å². The molecule has 2 heterocycles. The maximum absolute atomic E-state index is 13.2. The summed E-state index contributed by atoms with van der Waals surface area (Å²) in [5.74, 6) is 0.0980. The third-order valence-electron chi connectivity index (χ3n) is 5.69. The Morgan fingerprint density at radius 3 is 2.81 bits per heavy atom. The van der Waals surface area contributed by atoms with Gasteiger partial charge in [-0.1, -0.05) is 48.2 Å². The highest BCUT2D eigenvalue weighted by molar-refractivity contribution is 7.99. The molecule has 1 aliphatic rings. The van der Waals surface area contributed by atoms with Gasteiger partial charge in [0.2, 0.25) is 5.91 Å². The second-order valence-electron chi connectivity index (χ2n) is 7.76. The Kier molecular flexibility index (Phi) is 5.73.